The van der Waals surface area contributed by atoms with Crippen LogP contribution in [0.15, 0.2) is 0 Å². The van der Waals surface area contributed by atoms with E-state index in [0.717, 1.165) is 0 Å². The monoisotopic (exact) mass is 756 g/mol. The van der Waals surface area contributed by atoms with Crippen LogP contribution in [-0.2, 0) is 47.7 Å². The van der Waals surface area contributed by atoms with Gasteiger partial charge in [-0.05, 0) is 142 Å². The highest BCUT2D eigenvalue weighted by molar-refractivity contribution is 5.78. The summed E-state index contributed by atoms with van der Waals surface area (Å²) in [6, 6.07) is 0. The zero-order chi connectivity index (χ0) is 41.7. The molecule has 2 amide bonds. The van der Waals surface area contributed by atoms with Gasteiger partial charge in [0.05, 0.1) is 0 Å². The number of carbonyl (C=O) groups is 6. The Kier molecular flexibility index (Phi) is 18.7. The van der Waals surface area contributed by atoms with Crippen molar-refractivity contribution in [2.75, 3.05) is 0 Å². The van der Waals surface area contributed by atoms with E-state index in [1.807, 2.05) is 0 Å². The highest BCUT2D eigenvalue weighted by atomic mass is 16.6. The van der Waals surface area contributed by atoms with Crippen LogP contribution in [-0.4, -0.2) is 74.7 Å². The van der Waals surface area contributed by atoms with Crippen molar-refractivity contribution in [3.8, 4) is 0 Å². The second-order valence-corrected chi connectivity index (χ2v) is 19.2. The fourth-order valence-electron chi connectivity index (χ4n) is 5.30. The maximum absolute atomic E-state index is 13.3. The SMILES string of the molecule is CC(N)(CCC(=O)NC(C)(CCC(=O)OC(C)(C)C)CCC(=O)OC(C)(C)C)CCC(=O)NC(C)(CCC(=O)OC(C)(C)C)CCC(=O)OC(C)(C)C. The van der Waals surface area contributed by atoms with E-state index >= 15 is 0 Å². The van der Waals surface area contributed by atoms with Crippen LogP contribution in [0.25, 0.3) is 0 Å². The van der Waals surface area contributed by atoms with Crippen molar-refractivity contribution in [2.45, 2.75) is 220 Å². The van der Waals surface area contributed by atoms with Crippen molar-refractivity contribution < 1.29 is 47.7 Å². The predicted molar refractivity (Wildman–Crippen MR) is 204 cm³/mol. The molecule has 308 valence electrons. The summed E-state index contributed by atoms with van der Waals surface area (Å²) in [4.78, 5) is 76.5. The number of esters is 4. The Morgan fingerprint density at radius 3 is 0.774 bits per heavy atom. The molecule has 0 heterocycles. The average molecular weight is 756 g/mol. The smallest absolute Gasteiger partial charge is 0.306 e. The van der Waals surface area contributed by atoms with Crippen LogP contribution in [0, 0.1) is 0 Å². The van der Waals surface area contributed by atoms with E-state index in [1.165, 1.54) is 0 Å². The number of amides is 2. The first-order chi connectivity index (χ1) is 23.6. The number of rotatable bonds is 20. The quantitative estimate of drug-likeness (QED) is 0.0908. The van der Waals surface area contributed by atoms with Gasteiger partial charge in [0.2, 0.25) is 11.8 Å². The summed E-state index contributed by atoms with van der Waals surface area (Å²) >= 11 is 0. The summed E-state index contributed by atoms with van der Waals surface area (Å²) in [5.41, 5.74) is 1.24. The van der Waals surface area contributed by atoms with Gasteiger partial charge >= 0.3 is 23.9 Å². The maximum Gasteiger partial charge on any atom is 0.306 e. The number of nitrogens with two attached hydrogens (primary N) is 1. The van der Waals surface area contributed by atoms with E-state index in [1.54, 1.807) is 104 Å². The van der Waals surface area contributed by atoms with Crippen molar-refractivity contribution in [2.24, 2.45) is 5.73 Å². The van der Waals surface area contributed by atoms with Gasteiger partial charge in [-0.15, -0.1) is 0 Å². The molecule has 0 radical (unpaired) electrons. The van der Waals surface area contributed by atoms with Gasteiger partial charge in [-0.3, -0.25) is 28.8 Å². The lowest BCUT2D eigenvalue weighted by atomic mass is 9.87. The molecule has 53 heavy (non-hydrogen) atoms. The third kappa shape index (κ3) is 27.1. The minimum Gasteiger partial charge on any atom is -0.460 e. The number of hydrogen-bond acceptors (Lipinski definition) is 11. The number of nitrogens with one attached hydrogen (secondary N) is 2. The normalized spacial score (nSPS) is 13.1. The Labute approximate surface area is 319 Å². The molecule has 13 nitrogen and oxygen atoms in total. The lowest BCUT2D eigenvalue weighted by Gasteiger charge is -2.33. The molecule has 4 N–H and O–H groups in total. The standard InChI is InChI=1S/C40H73N3O10/c1-34(2,3)50-30(46)18-24-39(14,25-19-31(47)51-35(4,5)6)42-28(44)16-22-38(13,41)23-17-29(45)43-40(15,26-20-32(48)52-36(7,8)9)27-21-33(49)53-37(10,11)12/h16-27,41H2,1-15H3,(H,42,44)(H,43,45). The molecule has 0 aromatic rings. The third-order valence-corrected chi connectivity index (χ3v) is 7.93. The first kappa shape index (κ1) is 49.8. The molecule has 0 aliphatic heterocycles. The van der Waals surface area contributed by atoms with E-state index in [0.29, 0.717) is 0 Å². The lowest BCUT2D eigenvalue weighted by Crippen LogP contribution is -2.49. The fraction of sp³-hybridized carbons (Fsp3) is 0.850. The number of carbonyl (C=O) groups excluding carboxylic acids is 6. The van der Waals surface area contributed by atoms with Gasteiger partial charge in [0.15, 0.2) is 0 Å². The maximum atomic E-state index is 13.3. The first-order valence-corrected chi connectivity index (χ1v) is 18.9. The van der Waals surface area contributed by atoms with Crippen LogP contribution in [0.5, 0.6) is 0 Å². The Morgan fingerprint density at radius 1 is 0.377 bits per heavy atom. The van der Waals surface area contributed by atoms with E-state index in [4.69, 9.17) is 24.7 Å². The molecule has 0 aromatic carbocycles. The molecule has 0 spiro atoms. The van der Waals surface area contributed by atoms with Crippen molar-refractivity contribution in [1.82, 2.24) is 10.6 Å². The van der Waals surface area contributed by atoms with E-state index in [9.17, 15) is 28.8 Å². The molecule has 0 aliphatic rings. The van der Waals surface area contributed by atoms with Gasteiger partial charge in [-0.1, -0.05) is 0 Å². The number of ether oxygens (including phenoxy) is 4. The molecular weight excluding hydrogens is 682 g/mol. The Balaban J connectivity index is 5.51. The fourth-order valence-corrected chi connectivity index (χ4v) is 5.30. The predicted octanol–water partition coefficient (Wildman–Crippen LogP) is 6.50. The van der Waals surface area contributed by atoms with Gasteiger partial charge in [-0.2, -0.15) is 0 Å². The minimum absolute atomic E-state index is 0.0422. The third-order valence-electron chi connectivity index (χ3n) is 7.93. The summed E-state index contributed by atoms with van der Waals surface area (Å²) in [5, 5.41) is 6.02. The van der Waals surface area contributed by atoms with E-state index in [2.05, 4.69) is 10.6 Å². The van der Waals surface area contributed by atoms with E-state index < -0.39 is 62.9 Å². The Morgan fingerprint density at radius 2 is 0.585 bits per heavy atom. The molecule has 0 saturated carbocycles. The van der Waals surface area contributed by atoms with Crippen LogP contribution in [0.2, 0.25) is 0 Å². The highest BCUT2D eigenvalue weighted by Crippen LogP contribution is 2.26. The van der Waals surface area contributed by atoms with Gasteiger partial charge in [0, 0.05) is 55.1 Å². The Bertz CT molecular complexity index is 1090. The second kappa shape index (κ2) is 19.9. The highest BCUT2D eigenvalue weighted by Gasteiger charge is 2.33. The van der Waals surface area contributed by atoms with Crippen LogP contribution >= 0.6 is 0 Å². The zero-order valence-corrected chi connectivity index (χ0v) is 35.6. The molecule has 0 atom stereocenters. The lowest BCUT2D eigenvalue weighted by molar-refractivity contribution is -0.157. The summed E-state index contributed by atoms with van der Waals surface area (Å²) in [5.74, 6) is -2.25. The van der Waals surface area contributed by atoms with Gasteiger partial charge in [0.1, 0.15) is 22.4 Å². The summed E-state index contributed by atoms with van der Waals surface area (Å²) in [6.07, 6.45) is 1.77. The second-order valence-electron chi connectivity index (χ2n) is 19.2. The van der Waals surface area contributed by atoms with E-state index in [-0.39, 0.29) is 88.9 Å². The topological polar surface area (TPSA) is 189 Å². The molecule has 0 aliphatic carbocycles. The summed E-state index contributed by atoms with van der Waals surface area (Å²) < 4.78 is 21.8. The molecule has 0 saturated heterocycles. The largest absolute Gasteiger partial charge is 0.460 e. The van der Waals surface area contributed by atoms with Crippen molar-refractivity contribution in [3.63, 3.8) is 0 Å². The molecule has 0 aromatic heterocycles. The molecule has 0 bridgehead atoms. The summed E-state index contributed by atoms with van der Waals surface area (Å²) in [7, 11) is 0. The Hall–Kier alpha value is -3.22. The molecule has 13 heteroatoms. The molecule has 0 fully saturated rings. The molecule has 0 rings (SSSR count). The van der Waals surface area contributed by atoms with Crippen molar-refractivity contribution in [3.05, 3.63) is 0 Å². The minimum atomic E-state index is -0.904. The zero-order valence-electron chi connectivity index (χ0n) is 35.6. The van der Waals surface area contributed by atoms with Crippen LogP contribution in [0.3, 0.4) is 0 Å². The first-order valence-electron chi connectivity index (χ1n) is 18.9. The summed E-state index contributed by atoms with van der Waals surface area (Å²) in [6.45, 7) is 26.7. The molecule has 0 unspecified atom stereocenters. The molecular formula is C40H73N3O10. The van der Waals surface area contributed by atoms with Crippen molar-refractivity contribution in [1.29, 1.82) is 0 Å². The van der Waals surface area contributed by atoms with Gasteiger partial charge < -0.3 is 35.3 Å². The van der Waals surface area contributed by atoms with Crippen molar-refractivity contribution >= 4 is 35.7 Å². The number of hydrogen-bond donors (Lipinski definition) is 3. The van der Waals surface area contributed by atoms with Gasteiger partial charge in [0.25, 0.3) is 0 Å². The van der Waals surface area contributed by atoms with Gasteiger partial charge in [-0.25, -0.2) is 0 Å². The average Bonchev–Trinajstić information content (AvgIpc) is 2.92. The van der Waals surface area contributed by atoms with Crippen LogP contribution in [0.4, 0.5) is 0 Å². The van der Waals surface area contributed by atoms with Crippen LogP contribution in [0.1, 0.15) is 181 Å². The van der Waals surface area contributed by atoms with Crippen LogP contribution < -0.4 is 16.4 Å².